The van der Waals surface area contributed by atoms with Crippen molar-refractivity contribution in [3.8, 4) is 5.69 Å². The van der Waals surface area contributed by atoms with Gasteiger partial charge in [0, 0.05) is 24.5 Å². The van der Waals surface area contributed by atoms with Crippen molar-refractivity contribution in [2.24, 2.45) is 11.8 Å². The van der Waals surface area contributed by atoms with E-state index in [1.54, 1.807) is 12.5 Å². The van der Waals surface area contributed by atoms with Crippen LogP contribution in [0.25, 0.3) is 5.69 Å². The van der Waals surface area contributed by atoms with Crippen molar-refractivity contribution in [1.29, 1.82) is 0 Å². The van der Waals surface area contributed by atoms with Gasteiger partial charge in [0.25, 0.3) is 0 Å². The maximum atomic E-state index is 12.4. The van der Waals surface area contributed by atoms with E-state index < -0.39 is 0 Å². The highest BCUT2D eigenvalue weighted by Crippen LogP contribution is 2.23. The Kier molecular flexibility index (Phi) is 9.84. The lowest BCUT2D eigenvalue weighted by Crippen LogP contribution is -2.36. The monoisotopic (exact) mass is 412 g/mol. The molecule has 0 bridgehead atoms. The second-order valence-corrected chi connectivity index (χ2v) is 7.14. The number of carbonyl (C=O) groups excluding carboxylic acids is 1. The molecule has 3 rings (SSSR count). The molecule has 150 valence electrons. The summed E-state index contributed by atoms with van der Waals surface area (Å²) in [6.07, 6.45) is 8.50. The summed E-state index contributed by atoms with van der Waals surface area (Å²) in [6, 6.07) is 8.20. The SMILES string of the molecule is CC(NC(=O)CC(C)C1CCCNC1)c1cccc(-n2ccnc2)c1.Cl.Cl. The van der Waals surface area contributed by atoms with E-state index in [4.69, 9.17) is 0 Å². The molecule has 0 aliphatic carbocycles. The van der Waals surface area contributed by atoms with Gasteiger partial charge >= 0.3 is 0 Å². The van der Waals surface area contributed by atoms with Crippen molar-refractivity contribution in [1.82, 2.24) is 20.2 Å². The van der Waals surface area contributed by atoms with Crippen molar-refractivity contribution >= 4 is 30.7 Å². The number of piperidine rings is 1. The summed E-state index contributed by atoms with van der Waals surface area (Å²) in [4.78, 5) is 16.5. The molecule has 2 N–H and O–H groups in total. The maximum Gasteiger partial charge on any atom is 0.220 e. The van der Waals surface area contributed by atoms with Gasteiger partial charge in [0.1, 0.15) is 0 Å². The quantitative estimate of drug-likeness (QED) is 0.755. The number of hydrogen-bond acceptors (Lipinski definition) is 3. The van der Waals surface area contributed by atoms with Gasteiger partial charge in [-0.2, -0.15) is 0 Å². The van der Waals surface area contributed by atoms with Gasteiger partial charge in [0.05, 0.1) is 12.4 Å². The molecule has 1 aliphatic heterocycles. The van der Waals surface area contributed by atoms with Crippen molar-refractivity contribution < 1.29 is 4.79 Å². The van der Waals surface area contributed by atoms with Gasteiger partial charge in [-0.1, -0.05) is 19.1 Å². The Hall–Kier alpha value is -1.56. The Morgan fingerprint density at radius 2 is 2.19 bits per heavy atom. The number of aromatic nitrogens is 2. The first kappa shape index (κ1) is 23.5. The van der Waals surface area contributed by atoms with E-state index in [1.165, 1.54) is 12.8 Å². The number of halogens is 2. The zero-order chi connectivity index (χ0) is 17.6. The topological polar surface area (TPSA) is 59.0 Å². The maximum absolute atomic E-state index is 12.4. The first-order valence-corrected chi connectivity index (χ1v) is 9.22. The third-order valence-electron chi connectivity index (χ3n) is 5.20. The summed E-state index contributed by atoms with van der Waals surface area (Å²) in [6.45, 7) is 6.38. The van der Waals surface area contributed by atoms with Gasteiger partial charge in [0.2, 0.25) is 5.91 Å². The molecule has 5 nitrogen and oxygen atoms in total. The van der Waals surface area contributed by atoms with E-state index in [2.05, 4.69) is 34.7 Å². The number of rotatable bonds is 6. The van der Waals surface area contributed by atoms with Crippen LogP contribution in [-0.4, -0.2) is 28.5 Å². The molecule has 0 radical (unpaired) electrons. The molecule has 0 saturated carbocycles. The molecular weight excluding hydrogens is 383 g/mol. The van der Waals surface area contributed by atoms with E-state index >= 15 is 0 Å². The lowest BCUT2D eigenvalue weighted by molar-refractivity contribution is -0.123. The first-order valence-electron chi connectivity index (χ1n) is 9.22. The number of carbonyl (C=O) groups is 1. The van der Waals surface area contributed by atoms with Crippen molar-refractivity contribution in [2.75, 3.05) is 13.1 Å². The standard InChI is InChI=1S/C20H28N4O.2ClH/c1-15(18-6-4-8-21-13-18)11-20(25)23-16(2)17-5-3-7-19(12-17)24-10-9-22-14-24;;/h3,5,7,9-10,12,14-16,18,21H,4,6,8,11,13H2,1-2H3,(H,23,25);2*1H. The molecule has 0 spiro atoms. The van der Waals surface area contributed by atoms with Crippen molar-refractivity contribution in [3.05, 3.63) is 48.5 Å². The zero-order valence-corrected chi connectivity index (χ0v) is 17.6. The lowest BCUT2D eigenvalue weighted by atomic mass is 9.85. The molecule has 3 atom stereocenters. The zero-order valence-electron chi connectivity index (χ0n) is 15.9. The van der Waals surface area contributed by atoms with Crippen LogP contribution in [-0.2, 0) is 4.79 Å². The second kappa shape index (κ2) is 11.3. The number of benzene rings is 1. The van der Waals surface area contributed by atoms with Crippen LogP contribution in [0, 0.1) is 11.8 Å². The molecule has 27 heavy (non-hydrogen) atoms. The molecule has 1 aromatic heterocycles. The van der Waals surface area contributed by atoms with E-state index in [1.807, 2.05) is 29.8 Å². The predicted octanol–water partition coefficient (Wildman–Crippen LogP) is 3.92. The summed E-state index contributed by atoms with van der Waals surface area (Å²) >= 11 is 0. The molecule has 1 aromatic carbocycles. The number of hydrogen-bond donors (Lipinski definition) is 2. The number of nitrogens with one attached hydrogen (secondary N) is 2. The molecule has 7 heteroatoms. The highest BCUT2D eigenvalue weighted by Gasteiger charge is 2.22. The highest BCUT2D eigenvalue weighted by molar-refractivity contribution is 5.85. The summed E-state index contributed by atoms with van der Waals surface area (Å²) in [5.74, 6) is 1.16. The smallest absolute Gasteiger partial charge is 0.220 e. The minimum absolute atomic E-state index is 0. The van der Waals surface area contributed by atoms with E-state index in [9.17, 15) is 4.79 Å². The highest BCUT2D eigenvalue weighted by atomic mass is 35.5. The number of imidazole rings is 1. The fraction of sp³-hybridized carbons (Fsp3) is 0.500. The van der Waals surface area contributed by atoms with Crippen LogP contribution in [0.15, 0.2) is 43.0 Å². The van der Waals surface area contributed by atoms with Gasteiger partial charge in [-0.3, -0.25) is 4.79 Å². The number of amides is 1. The average Bonchev–Trinajstić information content (AvgIpc) is 3.17. The molecule has 2 heterocycles. The molecular formula is C20H30Cl2N4O. The summed E-state index contributed by atoms with van der Waals surface area (Å²) in [7, 11) is 0. The van der Waals surface area contributed by atoms with E-state index in [0.29, 0.717) is 18.3 Å². The van der Waals surface area contributed by atoms with Crippen LogP contribution in [0.2, 0.25) is 0 Å². The minimum atomic E-state index is -0.00680. The Morgan fingerprint density at radius 1 is 1.37 bits per heavy atom. The third kappa shape index (κ3) is 6.52. The third-order valence-corrected chi connectivity index (χ3v) is 5.20. The Labute approximate surface area is 174 Å². The predicted molar refractivity (Wildman–Crippen MR) is 114 cm³/mol. The van der Waals surface area contributed by atoms with Crippen LogP contribution in [0.5, 0.6) is 0 Å². The molecule has 1 aliphatic rings. The van der Waals surface area contributed by atoms with Gasteiger partial charge < -0.3 is 15.2 Å². The van der Waals surface area contributed by atoms with E-state index in [-0.39, 0.29) is 36.8 Å². The fourth-order valence-electron chi connectivity index (χ4n) is 3.57. The summed E-state index contributed by atoms with van der Waals surface area (Å²) in [5.41, 5.74) is 2.16. The molecule has 1 amide bonds. The normalized spacial score (nSPS) is 18.5. The summed E-state index contributed by atoms with van der Waals surface area (Å²) in [5, 5.41) is 6.59. The minimum Gasteiger partial charge on any atom is -0.350 e. The second-order valence-electron chi connectivity index (χ2n) is 7.14. The van der Waals surface area contributed by atoms with Crippen LogP contribution in [0.1, 0.15) is 44.7 Å². The van der Waals surface area contributed by atoms with Gasteiger partial charge in [0.15, 0.2) is 0 Å². The average molecular weight is 413 g/mol. The van der Waals surface area contributed by atoms with Crippen molar-refractivity contribution in [2.45, 2.75) is 39.2 Å². The van der Waals surface area contributed by atoms with Crippen molar-refractivity contribution in [3.63, 3.8) is 0 Å². The van der Waals surface area contributed by atoms with E-state index in [0.717, 1.165) is 24.3 Å². The Balaban J connectivity index is 0.00000182. The Bertz CT molecular complexity index is 687. The van der Waals surface area contributed by atoms with Crippen LogP contribution < -0.4 is 10.6 Å². The number of nitrogens with zero attached hydrogens (tertiary/aromatic N) is 2. The van der Waals surface area contributed by atoms with Gasteiger partial charge in [-0.25, -0.2) is 4.98 Å². The molecule has 3 unspecified atom stereocenters. The van der Waals surface area contributed by atoms with Gasteiger partial charge in [-0.05, 0) is 62.4 Å². The molecule has 1 saturated heterocycles. The van der Waals surface area contributed by atoms with Gasteiger partial charge in [-0.15, -0.1) is 24.8 Å². The lowest BCUT2D eigenvalue weighted by Gasteiger charge is -2.28. The fourth-order valence-corrected chi connectivity index (χ4v) is 3.57. The largest absolute Gasteiger partial charge is 0.350 e. The van der Waals surface area contributed by atoms with Crippen LogP contribution in [0.3, 0.4) is 0 Å². The van der Waals surface area contributed by atoms with Crippen LogP contribution in [0.4, 0.5) is 0 Å². The summed E-state index contributed by atoms with van der Waals surface area (Å²) < 4.78 is 1.97. The van der Waals surface area contributed by atoms with Crippen LogP contribution >= 0.6 is 24.8 Å². The molecule has 1 fully saturated rings. The molecule has 2 aromatic rings. The Morgan fingerprint density at radius 3 is 2.85 bits per heavy atom. The first-order chi connectivity index (χ1) is 12.1.